The first-order valence-electron chi connectivity index (χ1n) is 6.83. The van der Waals surface area contributed by atoms with Crippen molar-refractivity contribution in [2.75, 3.05) is 14.2 Å². The molecule has 0 saturated carbocycles. The molecule has 3 nitrogen and oxygen atoms in total. The number of ether oxygens (including phenoxy) is 2. The van der Waals surface area contributed by atoms with Crippen LogP contribution >= 0.6 is 11.6 Å². The molecule has 0 saturated heterocycles. The summed E-state index contributed by atoms with van der Waals surface area (Å²) in [5.74, 6) is 1.68. The minimum Gasteiger partial charge on any atom is -0.497 e. The van der Waals surface area contributed by atoms with E-state index in [4.69, 9.17) is 21.1 Å². The molecule has 0 aliphatic rings. The zero-order valence-electron chi connectivity index (χ0n) is 12.5. The molecule has 2 aromatic rings. The van der Waals surface area contributed by atoms with Crippen LogP contribution in [0, 0.1) is 0 Å². The van der Waals surface area contributed by atoms with Crippen LogP contribution in [0.15, 0.2) is 42.5 Å². The molecule has 112 valence electrons. The lowest BCUT2D eigenvalue weighted by molar-refractivity contribution is 0.395. The quantitative estimate of drug-likeness (QED) is 0.867. The molecule has 0 heterocycles. The van der Waals surface area contributed by atoms with E-state index in [0.717, 1.165) is 22.1 Å². The predicted molar refractivity (Wildman–Crippen MR) is 86.3 cm³/mol. The fourth-order valence-corrected chi connectivity index (χ4v) is 2.28. The molecule has 0 aromatic heterocycles. The Balaban J connectivity index is 2.06. The number of halogens is 1. The monoisotopic (exact) mass is 305 g/mol. The number of benzene rings is 2. The van der Waals surface area contributed by atoms with Gasteiger partial charge in [0.2, 0.25) is 0 Å². The summed E-state index contributed by atoms with van der Waals surface area (Å²) in [6, 6.07) is 13.9. The third kappa shape index (κ3) is 4.13. The lowest BCUT2D eigenvalue weighted by Gasteiger charge is -2.16. The summed E-state index contributed by atoms with van der Waals surface area (Å²) in [6.07, 6.45) is 0. The Morgan fingerprint density at radius 3 is 2.38 bits per heavy atom. The minimum atomic E-state index is 0.221. The van der Waals surface area contributed by atoms with Crippen LogP contribution < -0.4 is 14.8 Å². The first-order valence-corrected chi connectivity index (χ1v) is 7.21. The zero-order valence-corrected chi connectivity index (χ0v) is 13.3. The summed E-state index contributed by atoms with van der Waals surface area (Å²) in [4.78, 5) is 0. The van der Waals surface area contributed by atoms with Gasteiger partial charge in [-0.05, 0) is 42.8 Å². The van der Waals surface area contributed by atoms with Gasteiger partial charge >= 0.3 is 0 Å². The third-order valence-corrected chi connectivity index (χ3v) is 3.71. The predicted octanol–water partition coefficient (Wildman–Crippen LogP) is 4.21. The van der Waals surface area contributed by atoms with E-state index in [2.05, 4.69) is 12.2 Å². The van der Waals surface area contributed by atoms with Crippen LogP contribution in [-0.4, -0.2) is 14.2 Å². The van der Waals surface area contributed by atoms with E-state index in [1.807, 2.05) is 42.5 Å². The smallest absolute Gasteiger partial charge is 0.123 e. The summed E-state index contributed by atoms with van der Waals surface area (Å²) in [5, 5.41) is 4.23. The Kier molecular flexibility index (Phi) is 5.48. The second-order valence-electron chi connectivity index (χ2n) is 4.83. The molecule has 0 unspecified atom stereocenters. The van der Waals surface area contributed by atoms with E-state index in [9.17, 15) is 0 Å². The molecule has 21 heavy (non-hydrogen) atoms. The molecular weight excluding hydrogens is 286 g/mol. The SMILES string of the molecule is COc1ccc(OC)c(CN[C@H](C)c2ccc(Cl)cc2)c1. The van der Waals surface area contributed by atoms with Crippen molar-refractivity contribution in [3.8, 4) is 11.5 Å². The highest BCUT2D eigenvalue weighted by molar-refractivity contribution is 6.30. The summed E-state index contributed by atoms with van der Waals surface area (Å²) < 4.78 is 10.6. The highest BCUT2D eigenvalue weighted by Gasteiger charge is 2.08. The van der Waals surface area contributed by atoms with Gasteiger partial charge in [0.1, 0.15) is 11.5 Å². The lowest BCUT2D eigenvalue weighted by atomic mass is 10.1. The van der Waals surface area contributed by atoms with E-state index in [1.54, 1.807) is 14.2 Å². The van der Waals surface area contributed by atoms with Gasteiger partial charge in [-0.3, -0.25) is 0 Å². The first kappa shape index (κ1) is 15.7. The van der Waals surface area contributed by atoms with Crippen molar-refractivity contribution in [3.63, 3.8) is 0 Å². The number of hydrogen-bond donors (Lipinski definition) is 1. The van der Waals surface area contributed by atoms with Gasteiger partial charge in [0.05, 0.1) is 14.2 Å². The lowest BCUT2D eigenvalue weighted by Crippen LogP contribution is -2.18. The maximum atomic E-state index is 5.91. The third-order valence-electron chi connectivity index (χ3n) is 3.46. The molecule has 0 aliphatic heterocycles. The van der Waals surface area contributed by atoms with Crippen LogP contribution in [0.3, 0.4) is 0 Å². The van der Waals surface area contributed by atoms with Crippen molar-refractivity contribution in [2.45, 2.75) is 19.5 Å². The summed E-state index contributed by atoms with van der Waals surface area (Å²) >= 11 is 5.91. The fourth-order valence-electron chi connectivity index (χ4n) is 2.15. The molecule has 1 N–H and O–H groups in total. The van der Waals surface area contributed by atoms with E-state index >= 15 is 0 Å². The number of methoxy groups -OCH3 is 2. The highest BCUT2D eigenvalue weighted by Crippen LogP contribution is 2.25. The minimum absolute atomic E-state index is 0.221. The standard InChI is InChI=1S/C17H20ClNO2/c1-12(13-4-6-15(18)7-5-13)19-11-14-10-16(20-2)8-9-17(14)21-3/h4-10,12,19H,11H2,1-3H3/t12-/m1/s1. The molecule has 0 fully saturated rings. The molecule has 0 radical (unpaired) electrons. The van der Waals surface area contributed by atoms with Crippen LogP contribution in [0.4, 0.5) is 0 Å². The zero-order chi connectivity index (χ0) is 15.2. The molecule has 0 bridgehead atoms. The fraction of sp³-hybridized carbons (Fsp3) is 0.294. The van der Waals surface area contributed by atoms with E-state index in [0.29, 0.717) is 6.54 Å². The van der Waals surface area contributed by atoms with Crippen molar-refractivity contribution in [3.05, 3.63) is 58.6 Å². The van der Waals surface area contributed by atoms with Crippen molar-refractivity contribution < 1.29 is 9.47 Å². The molecule has 4 heteroatoms. The van der Waals surface area contributed by atoms with E-state index in [-0.39, 0.29) is 6.04 Å². The molecule has 2 aromatic carbocycles. The topological polar surface area (TPSA) is 30.5 Å². The molecule has 0 amide bonds. The van der Waals surface area contributed by atoms with Gasteiger partial charge in [-0.15, -0.1) is 0 Å². The Morgan fingerprint density at radius 1 is 1.05 bits per heavy atom. The Hall–Kier alpha value is -1.71. The largest absolute Gasteiger partial charge is 0.497 e. The van der Waals surface area contributed by atoms with Gasteiger partial charge in [-0.1, -0.05) is 23.7 Å². The summed E-state index contributed by atoms with van der Waals surface area (Å²) in [5.41, 5.74) is 2.26. The van der Waals surface area contributed by atoms with Crippen LogP contribution in [0.5, 0.6) is 11.5 Å². The van der Waals surface area contributed by atoms with Crippen molar-refractivity contribution in [1.82, 2.24) is 5.32 Å². The van der Waals surface area contributed by atoms with Gasteiger partial charge in [-0.2, -0.15) is 0 Å². The second kappa shape index (κ2) is 7.34. The average molecular weight is 306 g/mol. The van der Waals surface area contributed by atoms with Crippen LogP contribution in [-0.2, 0) is 6.54 Å². The molecular formula is C17H20ClNO2. The summed E-state index contributed by atoms with van der Waals surface area (Å²) in [7, 11) is 3.34. The maximum absolute atomic E-state index is 5.91. The van der Waals surface area contributed by atoms with Crippen molar-refractivity contribution in [1.29, 1.82) is 0 Å². The normalized spacial score (nSPS) is 12.0. The molecule has 2 rings (SSSR count). The van der Waals surface area contributed by atoms with Crippen molar-refractivity contribution >= 4 is 11.6 Å². The van der Waals surface area contributed by atoms with Crippen LogP contribution in [0.25, 0.3) is 0 Å². The molecule has 1 atom stereocenters. The van der Waals surface area contributed by atoms with Crippen LogP contribution in [0.2, 0.25) is 5.02 Å². The molecule has 0 spiro atoms. The van der Waals surface area contributed by atoms with E-state index in [1.165, 1.54) is 5.56 Å². The van der Waals surface area contributed by atoms with E-state index < -0.39 is 0 Å². The highest BCUT2D eigenvalue weighted by atomic mass is 35.5. The second-order valence-corrected chi connectivity index (χ2v) is 5.27. The number of hydrogen-bond acceptors (Lipinski definition) is 3. The maximum Gasteiger partial charge on any atom is 0.123 e. The number of nitrogens with one attached hydrogen (secondary N) is 1. The van der Waals surface area contributed by atoms with Gasteiger partial charge in [-0.25, -0.2) is 0 Å². The first-order chi connectivity index (χ1) is 10.1. The van der Waals surface area contributed by atoms with Crippen LogP contribution in [0.1, 0.15) is 24.1 Å². The summed E-state index contributed by atoms with van der Waals surface area (Å²) in [6.45, 7) is 2.82. The number of rotatable bonds is 6. The van der Waals surface area contributed by atoms with Gasteiger partial charge in [0.15, 0.2) is 0 Å². The Bertz CT molecular complexity index is 584. The Morgan fingerprint density at radius 2 is 1.76 bits per heavy atom. The van der Waals surface area contributed by atoms with Gasteiger partial charge < -0.3 is 14.8 Å². The Labute approximate surface area is 130 Å². The van der Waals surface area contributed by atoms with Gasteiger partial charge in [0, 0.05) is 23.2 Å². The average Bonchev–Trinajstić information content (AvgIpc) is 2.52. The molecule has 0 aliphatic carbocycles. The van der Waals surface area contributed by atoms with Gasteiger partial charge in [0.25, 0.3) is 0 Å². The van der Waals surface area contributed by atoms with Crippen molar-refractivity contribution in [2.24, 2.45) is 0 Å².